The quantitative estimate of drug-likeness (QED) is 0.600. The molecule has 2 aromatic rings. The Bertz CT molecular complexity index is 741. The molecular weight excluding hydrogens is 340 g/mol. The smallest absolute Gasteiger partial charge is 0.255 e. The molecule has 0 saturated heterocycles. The number of hydrogen-bond donors (Lipinski definition) is 2. The third kappa shape index (κ3) is 6.44. The Morgan fingerprint density at radius 3 is 2.33 bits per heavy atom. The molecule has 144 valence electrons. The molecule has 2 N–H and O–H groups in total. The van der Waals surface area contributed by atoms with Crippen LogP contribution in [0.2, 0.25) is 0 Å². The second kappa shape index (κ2) is 11.0. The Morgan fingerprint density at radius 2 is 1.63 bits per heavy atom. The van der Waals surface area contributed by atoms with Crippen LogP contribution in [0.1, 0.15) is 60.2 Å². The molecule has 2 aromatic carbocycles. The number of hydrogen-bond acceptors (Lipinski definition) is 3. The van der Waals surface area contributed by atoms with Gasteiger partial charge in [-0.2, -0.15) is 0 Å². The molecule has 0 saturated carbocycles. The summed E-state index contributed by atoms with van der Waals surface area (Å²) < 4.78 is 5.66. The zero-order valence-corrected chi connectivity index (χ0v) is 16.1. The zero-order valence-electron chi connectivity index (χ0n) is 16.1. The highest BCUT2D eigenvalue weighted by Crippen LogP contribution is 2.18. The number of nitrogens with one attached hydrogen (secondary N) is 2. The van der Waals surface area contributed by atoms with Gasteiger partial charge in [-0.25, -0.2) is 0 Å². The molecule has 5 nitrogen and oxygen atoms in total. The lowest BCUT2D eigenvalue weighted by Gasteiger charge is -2.11. The van der Waals surface area contributed by atoms with Crippen molar-refractivity contribution < 1.29 is 14.3 Å². The summed E-state index contributed by atoms with van der Waals surface area (Å²) in [6.45, 7) is 5.42. The molecule has 0 aliphatic carbocycles. The van der Waals surface area contributed by atoms with Crippen molar-refractivity contribution in [2.75, 3.05) is 18.5 Å². The molecule has 0 atom stereocenters. The van der Waals surface area contributed by atoms with Crippen molar-refractivity contribution in [3.05, 3.63) is 59.7 Å². The number of benzene rings is 2. The Morgan fingerprint density at radius 1 is 0.889 bits per heavy atom. The highest BCUT2D eigenvalue weighted by Gasteiger charge is 2.13. The predicted octanol–water partition coefficient (Wildman–Crippen LogP) is 4.65. The van der Waals surface area contributed by atoms with E-state index in [1.807, 2.05) is 6.92 Å². The van der Waals surface area contributed by atoms with E-state index in [-0.39, 0.29) is 11.8 Å². The summed E-state index contributed by atoms with van der Waals surface area (Å²) in [5.74, 6) is 0.300. The van der Waals surface area contributed by atoms with Gasteiger partial charge in [0.15, 0.2) is 0 Å². The number of rotatable bonds is 10. The Kier molecular flexibility index (Phi) is 8.36. The predicted molar refractivity (Wildman–Crippen MR) is 108 cm³/mol. The molecule has 0 aromatic heterocycles. The fourth-order valence-corrected chi connectivity index (χ4v) is 2.56. The molecule has 0 bridgehead atoms. The number of unbranched alkanes of at least 4 members (excludes halogenated alkanes) is 2. The lowest BCUT2D eigenvalue weighted by molar-refractivity contribution is 0.0954. The van der Waals surface area contributed by atoms with Gasteiger partial charge in [0.2, 0.25) is 0 Å². The van der Waals surface area contributed by atoms with Gasteiger partial charge in [0.05, 0.1) is 17.9 Å². The minimum atomic E-state index is -0.261. The number of carbonyl (C=O) groups excluding carboxylic acids is 2. The van der Waals surface area contributed by atoms with Crippen LogP contribution in [0.5, 0.6) is 5.75 Å². The van der Waals surface area contributed by atoms with Crippen LogP contribution in [0.3, 0.4) is 0 Å². The molecule has 2 rings (SSSR count). The third-order valence-electron chi connectivity index (χ3n) is 4.09. The van der Waals surface area contributed by atoms with Crippen LogP contribution in [0.15, 0.2) is 48.5 Å². The van der Waals surface area contributed by atoms with E-state index >= 15 is 0 Å². The van der Waals surface area contributed by atoms with E-state index in [9.17, 15) is 9.59 Å². The van der Waals surface area contributed by atoms with E-state index < -0.39 is 0 Å². The van der Waals surface area contributed by atoms with Crippen LogP contribution in [0.4, 0.5) is 5.69 Å². The summed E-state index contributed by atoms with van der Waals surface area (Å²) >= 11 is 0. The van der Waals surface area contributed by atoms with Gasteiger partial charge in [0, 0.05) is 12.1 Å². The summed E-state index contributed by atoms with van der Waals surface area (Å²) in [5.41, 5.74) is 1.46. The van der Waals surface area contributed by atoms with Gasteiger partial charge >= 0.3 is 0 Å². The maximum absolute atomic E-state index is 12.5. The molecule has 2 amide bonds. The van der Waals surface area contributed by atoms with Gasteiger partial charge in [0.25, 0.3) is 11.8 Å². The number of anilines is 1. The van der Waals surface area contributed by atoms with E-state index in [0.717, 1.165) is 31.4 Å². The van der Waals surface area contributed by atoms with Crippen LogP contribution >= 0.6 is 0 Å². The molecule has 0 fully saturated rings. The fourth-order valence-electron chi connectivity index (χ4n) is 2.56. The maximum atomic E-state index is 12.5. The highest BCUT2D eigenvalue weighted by molar-refractivity contribution is 6.09. The van der Waals surface area contributed by atoms with Crippen LogP contribution in [-0.2, 0) is 0 Å². The standard InChI is InChI=1S/C22H28N2O3/c1-3-5-8-16-27-18-13-11-17(12-14-18)21(25)24-20-10-7-6-9-19(20)22(26)23-15-4-2/h6-7,9-14H,3-5,8,15-16H2,1-2H3,(H,23,26)(H,24,25). The number of amides is 2. The monoisotopic (exact) mass is 368 g/mol. The maximum Gasteiger partial charge on any atom is 0.255 e. The lowest BCUT2D eigenvalue weighted by Crippen LogP contribution is -2.25. The van der Waals surface area contributed by atoms with Gasteiger partial charge in [-0.15, -0.1) is 0 Å². The van der Waals surface area contributed by atoms with Crippen molar-refractivity contribution in [1.29, 1.82) is 0 Å². The SMILES string of the molecule is CCCCCOc1ccc(C(=O)Nc2ccccc2C(=O)NCCC)cc1. The first kappa shape index (κ1) is 20.5. The van der Waals surface area contributed by atoms with E-state index in [4.69, 9.17) is 4.74 Å². The Hall–Kier alpha value is -2.82. The zero-order chi connectivity index (χ0) is 19.5. The second-order valence-electron chi connectivity index (χ2n) is 6.34. The largest absolute Gasteiger partial charge is 0.494 e. The minimum Gasteiger partial charge on any atom is -0.494 e. The van der Waals surface area contributed by atoms with E-state index in [1.54, 1.807) is 48.5 Å². The van der Waals surface area contributed by atoms with Crippen LogP contribution in [0.25, 0.3) is 0 Å². The minimum absolute atomic E-state index is 0.191. The average molecular weight is 368 g/mol. The number of carbonyl (C=O) groups is 2. The normalized spacial score (nSPS) is 10.3. The summed E-state index contributed by atoms with van der Waals surface area (Å²) in [4.78, 5) is 24.8. The van der Waals surface area contributed by atoms with Crippen molar-refractivity contribution in [2.24, 2.45) is 0 Å². The molecule has 5 heteroatoms. The molecule has 0 heterocycles. The van der Waals surface area contributed by atoms with Crippen LogP contribution in [-0.4, -0.2) is 25.0 Å². The first-order chi connectivity index (χ1) is 13.2. The number of para-hydroxylation sites is 1. The molecule has 0 spiro atoms. The summed E-state index contributed by atoms with van der Waals surface area (Å²) in [6, 6.07) is 14.0. The number of ether oxygens (including phenoxy) is 1. The van der Waals surface area contributed by atoms with Crippen molar-refractivity contribution in [2.45, 2.75) is 39.5 Å². The van der Waals surface area contributed by atoms with Gasteiger partial charge in [0.1, 0.15) is 5.75 Å². The van der Waals surface area contributed by atoms with Crippen molar-refractivity contribution in [3.8, 4) is 5.75 Å². The molecule has 27 heavy (non-hydrogen) atoms. The van der Waals surface area contributed by atoms with Crippen LogP contribution in [0, 0.1) is 0 Å². The molecular formula is C22H28N2O3. The topological polar surface area (TPSA) is 67.4 Å². The lowest BCUT2D eigenvalue weighted by atomic mass is 10.1. The van der Waals surface area contributed by atoms with Crippen molar-refractivity contribution in [3.63, 3.8) is 0 Å². The Labute approximate surface area is 161 Å². The molecule has 0 unspecified atom stereocenters. The van der Waals surface area contributed by atoms with E-state index in [2.05, 4.69) is 17.6 Å². The van der Waals surface area contributed by atoms with Crippen LogP contribution < -0.4 is 15.4 Å². The molecule has 0 aliphatic heterocycles. The fraction of sp³-hybridized carbons (Fsp3) is 0.364. The summed E-state index contributed by atoms with van der Waals surface area (Å²) in [5, 5.41) is 5.65. The second-order valence-corrected chi connectivity index (χ2v) is 6.34. The van der Waals surface area contributed by atoms with Crippen molar-refractivity contribution >= 4 is 17.5 Å². The van der Waals surface area contributed by atoms with Gasteiger partial charge in [-0.05, 0) is 49.2 Å². The molecule has 0 aliphatic rings. The van der Waals surface area contributed by atoms with Gasteiger partial charge in [-0.3, -0.25) is 9.59 Å². The highest BCUT2D eigenvalue weighted by atomic mass is 16.5. The van der Waals surface area contributed by atoms with Gasteiger partial charge in [-0.1, -0.05) is 38.8 Å². The van der Waals surface area contributed by atoms with E-state index in [0.29, 0.717) is 30.0 Å². The first-order valence-corrected chi connectivity index (χ1v) is 9.57. The Balaban J connectivity index is 2.00. The summed E-state index contributed by atoms with van der Waals surface area (Å²) in [7, 11) is 0. The van der Waals surface area contributed by atoms with Crippen molar-refractivity contribution in [1.82, 2.24) is 5.32 Å². The van der Waals surface area contributed by atoms with Gasteiger partial charge < -0.3 is 15.4 Å². The molecule has 0 radical (unpaired) electrons. The average Bonchev–Trinajstić information content (AvgIpc) is 2.70. The first-order valence-electron chi connectivity index (χ1n) is 9.57. The third-order valence-corrected chi connectivity index (χ3v) is 4.09. The van der Waals surface area contributed by atoms with E-state index in [1.165, 1.54) is 0 Å². The summed E-state index contributed by atoms with van der Waals surface area (Å²) in [6.07, 6.45) is 4.18.